The van der Waals surface area contributed by atoms with Gasteiger partial charge in [-0.15, -0.1) is 0 Å². The Morgan fingerprint density at radius 1 is 1.24 bits per heavy atom. The highest BCUT2D eigenvalue weighted by Crippen LogP contribution is 2.28. The predicted molar refractivity (Wildman–Crippen MR) is 80.1 cm³/mol. The maximum absolute atomic E-state index is 11.6. The summed E-state index contributed by atoms with van der Waals surface area (Å²) in [7, 11) is 0. The van der Waals surface area contributed by atoms with Gasteiger partial charge in [-0.2, -0.15) is 0 Å². The zero-order valence-electron chi connectivity index (χ0n) is 12.7. The average molecular weight is 298 g/mol. The summed E-state index contributed by atoms with van der Waals surface area (Å²) >= 11 is 0. The third-order valence-electron chi connectivity index (χ3n) is 3.63. The standard InChI is InChI=1S/C15H26N2O4/c1-11(2)10-21-8-7-16-15(20)17-9-12-3-5-13(6-4-12)14(18)19/h12-13H,1,3-10H2,2H3,(H,18,19)(H2,16,17,20). The summed E-state index contributed by atoms with van der Waals surface area (Å²) in [6.45, 7) is 7.65. The fourth-order valence-corrected chi connectivity index (χ4v) is 2.40. The molecule has 2 amide bonds. The van der Waals surface area contributed by atoms with Crippen molar-refractivity contribution in [2.45, 2.75) is 32.6 Å². The van der Waals surface area contributed by atoms with Gasteiger partial charge in [0.15, 0.2) is 0 Å². The van der Waals surface area contributed by atoms with Gasteiger partial charge < -0.3 is 20.5 Å². The maximum atomic E-state index is 11.6. The van der Waals surface area contributed by atoms with Crippen molar-refractivity contribution in [2.24, 2.45) is 11.8 Å². The summed E-state index contributed by atoms with van der Waals surface area (Å²) in [4.78, 5) is 22.4. The number of carbonyl (C=O) groups excluding carboxylic acids is 1. The molecule has 6 nitrogen and oxygen atoms in total. The Kier molecular flexibility index (Phi) is 7.82. The van der Waals surface area contributed by atoms with Crippen molar-refractivity contribution >= 4 is 12.0 Å². The van der Waals surface area contributed by atoms with E-state index < -0.39 is 5.97 Å². The highest BCUT2D eigenvalue weighted by Gasteiger charge is 2.25. The van der Waals surface area contributed by atoms with E-state index in [-0.39, 0.29) is 11.9 Å². The second-order valence-electron chi connectivity index (χ2n) is 5.70. The van der Waals surface area contributed by atoms with Gasteiger partial charge in [-0.25, -0.2) is 4.79 Å². The molecule has 1 aliphatic carbocycles. The van der Waals surface area contributed by atoms with Gasteiger partial charge in [0.25, 0.3) is 0 Å². The minimum Gasteiger partial charge on any atom is -0.481 e. The number of ether oxygens (including phenoxy) is 1. The number of urea groups is 1. The van der Waals surface area contributed by atoms with Gasteiger partial charge in [0.1, 0.15) is 0 Å². The van der Waals surface area contributed by atoms with E-state index in [1.165, 1.54) is 0 Å². The van der Waals surface area contributed by atoms with Gasteiger partial charge in [0, 0.05) is 13.1 Å². The van der Waals surface area contributed by atoms with E-state index >= 15 is 0 Å². The second kappa shape index (κ2) is 9.39. The van der Waals surface area contributed by atoms with E-state index in [0.29, 0.717) is 45.1 Å². The highest BCUT2D eigenvalue weighted by atomic mass is 16.5. The topological polar surface area (TPSA) is 87.7 Å². The number of rotatable bonds is 8. The minimum atomic E-state index is -0.700. The molecule has 120 valence electrons. The van der Waals surface area contributed by atoms with Crippen LogP contribution in [-0.4, -0.2) is 43.4 Å². The molecule has 0 atom stereocenters. The minimum absolute atomic E-state index is 0.200. The third-order valence-corrected chi connectivity index (χ3v) is 3.63. The van der Waals surface area contributed by atoms with Crippen molar-refractivity contribution < 1.29 is 19.4 Å². The van der Waals surface area contributed by atoms with Gasteiger partial charge in [-0.3, -0.25) is 4.79 Å². The van der Waals surface area contributed by atoms with Gasteiger partial charge in [0.2, 0.25) is 0 Å². The fourth-order valence-electron chi connectivity index (χ4n) is 2.40. The Morgan fingerprint density at radius 2 is 1.90 bits per heavy atom. The molecule has 1 saturated carbocycles. The van der Waals surface area contributed by atoms with Gasteiger partial charge in [-0.05, 0) is 38.5 Å². The maximum Gasteiger partial charge on any atom is 0.314 e. The number of carbonyl (C=O) groups is 2. The Bertz CT molecular complexity index is 363. The Labute approximate surface area is 125 Å². The molecule has 0 aromatic rings. The Balaban J connectivity index is 2.03. The number of aliphatic carboxylic acids is 1. The van der Waals surface area contributed by atoms with Crippen LogP contribution < -0.4 is 10.6 Å². The molecule has 0 aromatic carbocycles. The lowest BCUT2D eigenvalue weighted by atomic mass is 9.82. The number of nitrogens with one attached hydrogen (secondary N) is 2. The van der Waals surface area contributed by atoms with Crippen molar-refractivity contribution in [1.82, 2.24) is 10.6 Å². The largest absolute Gasteiger partial charge is 0.481 e. The van der Waals surface area contributed by atoms with Gasteiger partial charge in [0.05, 0.1) is 19.1 Å². The van der Waals surface area contributed by atoms with Crippen molar-refractivity contribution in [3.8, 4) is 0 Å². The number of carboxylic acids is 1. The average Bonchev–Trinajstić information content (AvgIpc) is 2.44. The lowest BCUT2D eigenvalue weighted by molar-refractivity contribution is -0.143. The Hall–Kier alpha value is -1.56. The normalized spacial score (nSPS) is 21.6. The first kappa shape index (κ1) is 17.5. The summed E-state index contributed by atoms with van der Waals surface area (Å²) in [6, 6.07) is -0.200. The molecule has 21 heavy (non-hydrogen) atoms. The zero-order valence-corrected chi connectivity index (χ0v) is 12.7. The SMILES string of the molecule is C=C(C)COCCNC(=O)NCC1CCC(C(=O)O)CC1. The van der Waals surface area contributed by atoms with E-state index in [9.17, 15) is 9.59 Å². The van der Waals surface area contributed by atoms with Crippen LogP contribution in [0.5, 0.6) is 0 Å². The van der Waals surface area contributed by atoms with Crippen LogP contribution in [0.4, 0.5) is 4.79 Å². The molecule has 1 aliphatic rings. The number of hydrogen-bond acceptors (Lipinski definition) is 3. The molecule has 0 bridgehead atoms. The van der Waals surface area contributed by atoms with Crippen LogP contribution in [-0.2, 0) is 9.53 Å². The van der Waals surface area contributed by atoms with Crippen LogP contribution in [0.3, 0.4) is 0 Å². The van der Waals surface area contributed by atoms with Crippen LogP contribution >= 0.6 is 0 Å². The fraction of sp³-hybridized carbons (Fsp3) is 0.733. The molecule has 0 spiro atoms. The lowest BCUT2D eigenvalue weighted by Crippen LogP contribution is -2.40. The molecule has 6 heteroatoms. The van der Waals surface area contributed by atoms with Crippen LogP contribution in [0.2, 0.25) is 0 Å². The highest BCUT2D eigenvalue weighted by molar-refractivity contribution is 5.73. The van der Waals surface area contributed by atoms with Crippen LogP contribution in [0, 0.1) is 11.8 Å². The summed E-state index contributed by atoms with van der Waals surface area (Å²) in [6.07, 6.45) is 3.13. The molecule has 0 unspecified atom stereocenters. The Morgan fingerprint density at radius 3 is 2.48 bits per heavy atom. The zero-order chi connectivity index (χ0) is 15.7. The molecule has 0 saturated heterocycles. The molecule has 1 rings (SSSR count). The summed E-state index contributed by atoms with van der Waals surface area (Å²) in [5.41, 5.74) is 0.955. The van der Waals surface area contributed by atoms with Crippen LogP contribution in [0.25, 0.3) is 0 Å². The van der Waals surface area contributed by atoms with E-state index in [1.807, 2.05) is 6.92 Å². The van der Waals surface area contributed by atoms with Crippen molar-refractivity contribution in [3.05, 3.63) is 12.2 Å². The first-order valence-corrected chi connectivity index (χ1v) is 7.45. The summed E-state index contributed by atoms with van der Waals surface area (Å²) < 4.78 is 5.28. The van der Waals surface area contributed by atoms with Crippen molar-refractivity contribution in [3.63, 3.8) is 0 Å². The molecule has 3 N–H and O–H groups in total. The first-order chi connectivity index (χ1) is 9.99. The van der Waals surface area contributed by atoms with E-state index in [0.717, 1.165) is 18.4 Å². The monoisotopic (exact) mass is 298 g/mol. The molecule has 0 aromatic heterocycles. The van der Waals surface area contributed by atoms with E-state index in [1.54, 1.807) is 0 Å². The molecule has 0 radical (unpaired) electrons. The number of amides is 2. The first-order valence-electron chi connectivity index (χ1n) is 7.45. The smallest absolute Gasteiger partial charge is 0.314 e. The third kappa shape index (κ3) is 7.70. The lowest BCUT2D eigenvalue weighted by Gasteiger charge is -2.26. The molecular formula is C15H26N2O4. The predicted octanol–water partition coefficient (Wildman–Crippen LogP) is 1.77. The van der Waals surface area contributed by atoms with E-state index in [2.05, 4.69) is 17.2 Å². The van der Waals surface area contributed by atoms with Gasteiger partial charge in [-0.1, -0.05) is 12.2 Å². The number of hydrogen-bond donors (Lipinski definition) is 3. The van der Waals surface area contributed by atoms with Crippen molar-refractivity contribution in [1.29, 1.82) is 0 Å². The molecule has 0 aliphatic heterocycles. The molecule has 1 fully saturated rings. The molecule has 0 heterocycles. The van der Waals surface area contributed by atoms with E-state index in [4.69, 9.17) is 9.84 Å². The van der Waals surface area contributed by atoms with Crippen LogP contribution in [0.15, 0.2) is 12.2 Å². The second-order valence-corrected chi connectivity index (χ2v) is 5.70. The quantitative estimate of drug-likeness (QED) is 0.471. The number of carboxylic acid groups (broad SMARTS) is 1. The summed E-state index contributed by atoms with van der Waals surface area (Å²) in [5, 5.41) is 14.5. The van der Waals surface area contributed by atoms with Gasteiger partial charge >= 0.3 is 12.0 Å². The van der Waals surface area contributed by atoms with Crippen molar-refractivity contribution in [2.75, 3.05) is 26.3 Å². The summed E-state index contributed by atoms with van der Waals surface area (Å²) in [5.74, 6) is -0.527. The van der Waals surface area contributed by atoms with Crippen LogP contribution in [0.1, 0.15) is 32.6 Å². The molecular weight excluding hydrogens is 272 g/mol.